The lowest BCUT2D eigenvalue weighted by molar-refractivity contribution is -0.118. The Morgan fingerprint density at radius 2 is 1.89 bits per heavy atom. The second kappa shape index (κ2) is 7.74. The second-order valence-corrected chi connectivity index (χ2v) is 6.17. The van der Waals surface area contributed by atoms with Gasteiger partial charge in [0.1, 0.15) is 11.4 Å². The summed E-state index contributed by atoms with van der Waals surface area (Å²) < 4.78 is 5.52. The summed E-state index contributed by atoms with van der Waals surface area (Å²) in [6, 6.07) is 12.0. The van der Waals surface area contributed by atoms with Crippen molar-refractivity contribution in [3.63, 3.8) is 0 Å². The molecule has 0 aliphatic carbocycles. The number of carbonyl (C=O) groups excluding carboxylic acids is 3. The highest BCUT2D eigenvalue weighted by molar-refractivity contribution is 6.14. The third-order valence-electron chi connectivity index (χ3n) is 4.05. The van der Waals surface area contributed by atoms with Crippen LogP contribution in [0.4, 0.5) is 10.5 Å². The van der Waals surface area contributed by atoms with Gasteiger partial charge < -0.3 is 15.4 Å². The molecule has 4 amide bonds. The van der Waals surface area contributed by atoms with E-state index in [-0.39, 0.29) is 18.2 Å². The van der Waals surface area contributed by atoms with Gasteiger partial charge in [-0.3, -0.25) is 14.9 Å². The minimum atomic E-state index is -0.554. The molecule has 1 aliphatic heterocycles. The normalized spacial score (nSPS) is 14.7. The van der Waals surface area contributed by atoms with Gasteiger partial charge in [0.25, 0.3) is 11.8 Å². The monoisotopic (exact) mass is 365 g/mol. The number of hydrogen-bond acceptors (Lipinski definition) is 4. The summed E-state index contributed by atoms with van der Waals surface area (Å²) in [5.41, 5.74) is 3.78. The van der Waals surface area contributed by atoms with Gasteiger partial charge in [-0.05, 0) is 60.9 Å². The number of ether oxygens (including phenoxy) is 1. The van der Waals surface area contributed by atoms with E-state index in [1.807, 2.05) is 32.0 Å². The molecule has 0 saturated carbocycles. The van der Waals surface area contributed by atoms with E-state index in [2.05, 4.69) is 16.0 Å². The number of rotatable bonds is 5. The highest BCUT2D eigenvalue weighted by Gasteiger charge is 2.22. The Kier molecular flexibility index (Phi) is 5.21. The Hall–Kier alpha value is -3.61. The molecule has 3 rings (SSSR count). The zero-order valence-corrected chi connectivity index (χ0v) is 15.0. The van der Waals surface area contributed by atoms with Crippen LogP contribution in [0.5, 0.6) is 5.75 Å². The van der Waals surface area contributed by atoms with Gasteiger partial charge in [-0.2, -0.15) is 0 Å². The maximum absolute atomic E-state index is 12.1. The molecule has 1 fully saturated rings. The summed E-state index contributed by atoms with van der Waals surface area (Å²) in [5.74, 6) is -0.284. The highest BCUT2D eigenvalue weighted by atomic mass is 16.5. The molecule has 0 radical (unpaired) electrons. The molecule has 138 valence electrons. The highest BCUT2D eigenvalue weighted by Crippen LogP contribution is 2.17. The van der Waals surface area contributed by atoms with E-state index in [0.717, 1.165) is 11.1 Å². The molecular weight excluding hydrogens is 346 g/mol. The van der Waals surface area contributed by atoms with E-state index in [9.17, 15) is 14.4 Å². The van der Waals surface area contributed by atoms with E-state index >= 15 is 0 Å². The van der Waals surface area contributed by atoms with Crippen molar-refractivity contribution < 1.29 is 19.1 Å². The number of benzene rings is 2. The lowest BCUT2D eigenvalue weighted by atomic mass is 10.1. The summed E-state index contributed by atoms with van der Waals surface area (Å²) in [6.07, 6.45) is 1.53. The Bertz CT molecular complexity index is 950. The van der Waals surface area contributed by atoms with Crippen molar-refractivity contribution >= 4 is 29.6 Å². The van der Waals surface area contributed by atoms with Gasteiger partial charge in [0.2, 0.25) is 0 Å². The average Bonchev–Trinajstić information content (AvgIpc) is 2.94. The predicted molar refractivity (Wildman–Crippen MR) is 101 cm³/mol. The maximum atomic E-state index is 12.1. The van der Waals surface area contributed by atoms with E-state index < -0.39 is 11.9 Å². The van der Waals surface area contributed by atoms with E-state index in [0.29, 0.717) is 17.0 Å². The molecule has 1 heterocycles. The minimum absolute atomic E-state index is 0.149. The Balaban J connectivity index is 1.60. The topological polar surface area (TPSA) is 96.5 Å². The minimum Gasteiger partial charge on any atom is -0.484 e. The van der Waals surface area contributed by atoms with Crippen LogP contribution in [0.15, 0.2) is 48.2 Å². The summed E-state index contributed by atoms with van der Waals surface area (Å²) in [7, 11) is 0. The number of amides is 4. The number of aryl methyl sites for hydroxylation is 2. The van der Waals surface area contributed by atoms with Crippen LogP contribution in [0.25, 0.3) is 6.08 Å². The molecule has 1 aliphatic rings. The Morgan fingerprint density at radius 3 is 2.59 bits per heavy atom. The van der Waals surface area contributed by atoms with Crippen molar-refractivity contribution in [1.29, 1.82) is 0 Å². The van der Waals surface area contributed by atoms with Crippen LogP contribution in [0, 0.1) is 13.8 Å². The second-order valence-electron chi connectivity index (χ2n) is 6.17. The van der Waals surface area contributed by atoms with Gasteiger partial charge in [0, 0.05) is 5.69 Å². The van der Waals surface area contributed by atoms with Gasteiger partial charge in [-0.1, -0.05) is 18.2 Å². The standard InChI is InChI=1S/C20H19N3O4/c1-12-6-7-15(8-13(12)2)21-18(24)11-27-16-5-3-4-14(9-16)10-17-19(25)23-20(26)22-17/h3-10H,11H2,1-2H3,(H,21,24)(H2,22,23,25,26)/b17-10+. The molecule has 7 nitrogen and oxygen atoms in total. The van der Waals surface area contributed by atoms with E-state index in [4.69, 9.17) is 4.74 Å². The summed E-state index contributed by atoms with van der Waals surface area (Å²) in [4.78, 5) is 34.8. The lowest BCUT2D eigenvalue weighted by Gasteiger charge is -2.09. The van der Waals surface area contributed by atoms with Crippen LogP contribution < -0.4 is 20.7 Å². The van der Waals surface area contributed by atoms with Gasteiger partial charge in [0.05, 0.1) is 0 Å². The number of carbonyl (C=O) groups is 3. The fourth-order valence-electron chi connectivity index (χ4n) is 2.51. The number of anilines is 1. The largest absolute Gasteiger partial charge is 0.484 e. The number of nitrogens with one attached hydrogen (secondary N) is 3. The fraction of sp³-hybridized carbons (Fsp3) is 0.150. The molecule has 2 aromatic carbocycles. The molecular formula is C20H19N3O4. The third-order valence-corrected chi connectivity index (χ3v) is 4.05. The average molecular weight is 365 g/mol. The summed E-state index contributed by atoms with van der Waals surface area (Å²) in [6.45, 7) is 3.84. The third kappa shape index (κ3) is 4.72. The number of imide groups is 1. The van der Waals surface area contributed by atoms with Crippen LogP contribution in [-0.4, -0.2) is 24.5 Å². The van der Waals surface area contributed by atoms with Crippen molar-refractivity contribution in [2.75, 3.05) is 11.9 Å². The van der Waals surface area contributed by atoms with Crippen molar-refractivity contribution in [2.45, 2.75) is 13.8 Å². The van der Waals surface area contributed by atoms with Gasteiger partial charge in [0.15, 0.2) is 6.61 Å². The van der Waals surface area contributed by atoms with Crippen molar-refractivity contribution in [3.05, 3.63) is 64.9 Å². The first-order valence-corrected chi connectivity index (χ1v) is 8.35. The molecule has 0 atom stereocenters. The van der Waals surface area contributed by atoms with Crippen LogP contribution in [0.2, 0.25) is 0 Å². The predicted octanol–water partition coefficient (Wildman–Crippen LogP) is 2.50. The molecule has 0 spiro atoms. The Morgan fingerprint density at radius 1 is 1.07 bits per heavy atom. The van der Waals surface area contributed by atoms with Gasteiger partial charge in [-0.15, -0.1) is 0 Å². The first-order chi connectivity index (χ1) is 12.9. The summed E-state index contributed by atoms with van der Waals surface area (Å²) >= 11 is 0. The molecule has 0 bridgehead atoms. The molecule has 0 aromatic heterocycles. The van der Waals surface area contributed by atoms with Crippen molar-refractivity contribution in [1.82, 2.24) is 10.6 Å². The number of urea groups is 1. The van der Waals surface area contributed by atoms with Crippen LogP contribution in [0.1, 0.15) is 16.7 Å². The molecule has 2 aromatic rings. The first-order valence-electron chi connectivity index (χ1n) is 8.35. The lowest BCUT2D eigenvalue weighted by Crippen LogP contribution is -2.22. The smallest absolute Gasteiger partial charge is 0.326 e. The zero-order chi connectivity index (χ0) is 19.4. The molecule has 1 saturated heterocycles. The van der Waals surface area contributed by atoms with Crippen LogP contribution in [-0.2, 0) is 9.59 Å². The van der Waals surface area contributed by atoms with E-state index in [1.54, 1.807) is 24.3 Å². The molecule has 0 unspecified atom stereocenters. The SMILES string of the molecule is Cc1ccc(NC(=O)COc2cccc(/C=C3/NC(=O)NC3=O)c2)cc1C. The van der Waals surface area contributed by atoms with Crippen LogP contribution >= 0.6 is 0 Å². The Labute approximate surface area is 156 Å². The van der Waals surface area contributed by atoms with Crippen molar-refractivity contribution in [3.8, 4) is 5.75 Å². The van der Waals surface area contributed by atoms with Crippen molar-refractivity contribution in [2.24, 2.45) is 0 Å². The maximum Gasteiger partial charge on any atom is 0.326 e. The zero-order valence-electron chi connectivity index (χ0n) is 15.0. The van der Waals surface area contributed by atoms with Crippen LogP contribution in [0.3, 0.4) is 0 Å². The van der Waals surface area contributed by atoms with E-state index in [1.165, 1.54) is 6.08 Å². The molecule has 27 heavy (non-hydrogen) atoms. The molecule has 7 heteroatoms. The van der Waals surface area contributed by atoms with Gasteiger partial charge >= 0.3 is 6.03 Å². The van der Waals surface area contributed by atoms with Gasteiger partial charge in [-0.25, -0.2) is 4.79 Å². The number of hydrogen-bond donors (Lipinski definition) is 3. The quantitative estimate of drug-likeness (QED) is 0.560. The fourth-order valence-corrected chi connectivity index (χ4v) is 2.51. The first kappa shape index (κ1) is 18.2. The molecule has 3 N–H and O–H groups in total. The summed E-state index contributed by atoms with van der Waals surface area (Å²) in [5, 5.41) is 7.33.